The van der Waals surface area contributed by atoms with E-state index in [4.69, 9.17) is 9.47 Å². The standard InChI is InChI=1S/C28H34O6/c1-4-5-6-7-8-9-22-16-21(18-27(34-3)28(22)32)11-14-24(30)19-23(29)13-10-20-12-15-25(31)26(17-20)33-2/h10-18,31-32H,4-9,19H2,1-3H3/b13-10+,14-11+. The Balaban J connectivity index is 1.99. The average Bonchev–Trinajstić information content (AvgIpc) is 2.83. The minimum atomic E-state index is -0.335. The fraction of sp³-hybridized carbons (Fsp3) is 0.357. The number of methoxy groups -OCH3 is 2. The number of aryl methyl sites for hydroxylation is 1. The van der Waals surface area contributed by atoms with E-state index in [-0.39, 0.29) is 29.5 Å². The summed E-state index contributed by atoms with van der Waals surface area (Å²) in [7, 11) is 2.94. The lowest BCUT2D eigenvalue weighted by Gasteiger charge is -2.11. The number of hydrogen-bond acceptors (Lipinski definition) is 6. The second kappa shape index (κ2) is 13.9. The van der Waals surface area contributed by atoms with Gasteiger partial charge in [0.2, 0.25) is 0 Å². The molecule has 0 saturated heterocycles. The Labute approximate surface area is 201 Å². The van der Waals surface area contributed by atoms with E-state index in [0.717, 1.165) is 30.4 Å². The number of ether oxygens (including phenoxy) is 2. The third-order valence-electron chi connectivity index (χ3n) is 5.42. The molecule has 0 atom stereocenters. The number of phenols is 2. The molecule has 0 amide bonds. The summed E-state index contributed by atoms with van der Waals surface area (Å²) in [4.78, 5) is 24.5. The van der Waals surface area contributed by atoms with Gasteiger partial charge in [-0.15, -0.1) is 0 Å². The van der Waals surface area contributed by atoms with Crippen molar-refractivity contribution in [3.63, 3.8) is 0 Å². The fourth-order valence-corrected chi connectivity index (χ4v) is 3.52. The van der Waals surface area contributed by atoms with E-state index in [1.54, 1.807) is 30.4 Å². The zero-order valence-electron chi connectivity index (χ0n) is 20.2. The molecule has 0 heterocycles. The van der Waals surface area contributed by atoms with Gasteiger partial charge in [0, 0.05) is 0 Å². The second-order valence-electron chi connectivity index (χ2n) is 8.10. The largest absolute Gasteiger partial charge is 0.504 e. The molecule has 0 spiro atoms. The van der Waals surface area contributed by atoms with Crippen LogP contribution in [0.15, 0.2) is 42.5 Å². The molecule has 0 aliphatic rings. The van der Waals surface area contributed by atoms with Crippen molar-refractivity contribution in [3.05, 3.63) is 59.2 Å². The lowest BCUT2D eigenvalue weighted by atomic mass is 10.0. The van der Waals surface area contributed by atoms with E-state index in [1.807, 2.05) is 6.07 Å². The Hall–Kier alpha value is -3.54. The quantitative estimate of drug-likeness (QED) is 0.205. The number of rotatable bonds is 14. The molecule has 0 unspecified atom stereocenters. The van der Waals surface area contributed by atoms with Gasteiger partial charge in [-0.1, -0.05) is 50.8 Å². The van der Waals surface area contributed by atoms with Crippen molar-refractivity contribution >= 4 is 23.7 Å². The van der Waals surface area contributed by atoms with Crippen molar-refractivity contribution in [1.29, 1.82) is 0 Å². The number of benzene rings is 2. The molecule has 0 aliphatic heterocycles. The Bertz CT molecular complexity index is 1040. The summed E-state index contributed by atoms with van der Waals surface area (Å²) in [6, 6.07) is 8.23. The fourth-order valence-electron chi connectivity index (χ4n) is 3.52. The molecule has 2 aromatic carbocycles. The van der Waals surface area contributed by atoms with Crippen LogP contribution in [0, 0.1) is 0 Å². The first-order valence-electron chi connectivity index (χ1n) is 11.6. The van der Waals surface area contributed by atoms with Gasteiger partial charge in [0.15, 0.2) is 34.6 Å². The minimum Gasteiger partial charge on any atom is -0.504 e. The SMILES string of the molecule is CCCCCCCc1cc(/C=C/C(=O)CC(=O)/C=C/c2ccc(O)c(OC)c2)cc(OC)c1O. The average molecular weight is 467 g/mol. The predicted molar refractivity (Wildman–Crippen MR) is 134 cm³/mol. The molecule has 0 fully saturated rings. The summed E-state index contributed by atoms with van der Waals surface area (Å²) in [5.74, 6) is 0.146. The van der Waals surface area contributed by atoms with Gasteiger partial charge >= 0.3 is 0 Å². The van der Waals surface area contributed by atoms with Crippen LogP contribution in [0.3, 0.4) is 0 Å². The lowest BCUT2D eigenvalue weighted by molar-refractivity contribution is -0.121. The maximum absolute atomic E-state index is 12.3. The van der Waals surface area contributed by atoms with Crippen LogP contribution in [0.1, 0.15) is 62.1 Å². The van der Waals surface area contributed by atoms with Crippen molar-refractivity contribution in [2.24, 2.45) is 0 Å². The van der Waals surface area contributed by atoms with E-state index in [1.165, 1.54) is 51.7 Å². The molecule has 34 heavy (non-hydrogen) atoms. The summed E-state index contributed by atoms with van der Waals surface area (Å²) in [5.41, 5.74) is 2.18. The monoisotopic (exact) mass is 466 g/mol. The smallest absolute Gasteiger partial charge is 0.163 e. The topological polar surface area (TPSA) is 93.1 Å². The zero-order chi connectivity index (χ0) is 24.9. The molecule has 0 saturated carbocycles. The summed E-state index contributed by atoms with van der Waals surface area (Å²) in [6.45, 7) is 2.17. The van der Waals surface area contributed by atoms with Crippen LogP contribution in [0.5, 0.6) is 23.0 Å². The third-order valence-corrected chi connectivity index (χ3v) is 5.42. The van der Waals surface area contributed by atoms with Gasteiger partial charge in [-0.25, -0.2) is 0 Å². The molecule has 2 aromatic rings. The molecule has 0 aromatic heterocycles. The Morgan fingerprint density at radius 2 is 1.44 bits per heavy atom. The number of ketones is 2. The number of unbranched alkanes of at least 4 members (excludes halogenated alkanes) is 4. The van der Waals surface area contributed by atoms with Gasteiger partial charge in [-0.05, 0) is 65.9 Å². The number of allylic oxidation sites excluding steroid dienone is 2. The summed E-state index contributed by atoms with van der Waals surface area (Å²) < 4.78 is 10.3. The van der Waals surface area contributed by atoms with Gasteiger partial charge in [-0.2, -0.15) is 0 Å². The normalized spacial score (nSPS) is 11.3. The molecule has 2 rings (SSSR count). The highest BCUT2D eigenvalue weighted by Gasteiger charge is 2.10. The maximum Gasteiger partial charge on any atom is 0.163 e. The van der Waals surface area contributed by atoms with Crippen LogP contribution < -0.4 is 9.47 Å². The molecule has 6 heteroatoms. The number of phenolic OH excluding ortho intramolecular Hbond substituents is 2. The Kier molecular flexibility index (Phi) is 10.9. The summed E-state index contributed by atoms with van der Waals surface area (Å²) in [5, 5.41) is 20.1. The van der Waals surface area contributed by atoms with Crippen molar-refractivity contribution in [2.75, 3.05) is 14.2 Å². The van der Waals surface area contributed by atoms with Crippen LogP contribution in [-0.4, -0.2) is 36.0 Å². The highest BCUT2D eigenvalue weighted by atomic mass is 16.5. The molecular formula is C28H34O6. The van der Waals surface area contributed by atoms with Gasteiger partial charge in [0.05, 0.1) is 20.6 Å². The Morgan fingerprint density at radius 1 is 0.824 bits per heavy atom. The number of carbonyl (C=O) groups excluding carboxylic acids is 2. The minimum absolute atomic E-state index is 0.0109. The molecule has 182 valence electrons. The molecule has 0 bridgehead atoms. The molecule has 2 N–H and O–H groups in total. The van der Waals surface area contributed by atoms with E-state index in [0.29, 0.717) is 17.1 Å². The first kappa shape index (κ1) is 26.7. The second-order valence-corrected chi connectivity index (χ2v) is 8.10. The predicted octanol–water partition coefficient (Wildman–Crippen LogP) is 5.88. The van der Waals surface area contributed by atoms with Crippen LogP contribution in [0.2, 0.25) is 0 Å². The van der Waals surface area contributed by atoms with Crippen molar-refractivity contribution in [2.45, 2.75) is 51.9 Å². The lowest BCUT2D eigenvalue weighted by Crippen LogP contribution is -2.02. The molecule has 6 nitrogen and oxygen atoms in total. The summed E-state index contributed by atoms with van der Waals surface area (Å²) >= 11 is 0. The van der Waals surface area contributed by atoms with Gasteiger partial charge < -0.3 is 19.7 Å². The molecular weight excluding hydrogens is 432 g/mol. The van der Waals surface area contributed by atoms with Gasteiger partial charge in [0.25, 0.3) is 0 Å². The van der Waals surface area contributed by atoms with Crippen LogP contribution in [0.25, 0.3) is 12.2 Å². The first-order valence-corrected chi connectivity index (χ1v) is 11.6. The molecule has 0 radical (unpaired) electrons. The summed E-state index contributed by atoms with van der Waals surface area (Å²) in [6.07, 6.45) is 12.0. The number of carbonyl (C=O) groups is 2. The zero-order valence-corrected chi connectivity index (χ0v) is 20.2. The van der Waals surface area contributed by atoms with Crippen molar-refractivity contribution in [1.82, 2.24) is 0 Å². The number of aromatic hydroxyl groups is 2. The third kappa shape index (κ3) is 8.43. The molecule has 0 aliphatic carbocycles. The first-order chi connectivity index (χ1) is 16.4. The van der Waals surface area contributed by atoms with Gasteiger partial charge in [0.1, 0.15) is 0 Å². The van der Waals surface area contributed by atoms with E-state index in [2.05, 4.69) is 6.92 Å². The maximum atomic E-state index is 12.3. The highest BCUT2D eigenvalue weighted by Crippen LogP contribution is 2.33. The van der Waals surface area contributed by atoms with E-state index < -0.39 is 0 Å². The van der Waals surface area contributed by atoms with Crippen LogP contribution >= 0.6 is 0 Å². The van der Waals surface area contributed by atoms with Crippen LogP contribution in [-0.2, 0) is 16.0 Å². The number of hydrogen-bond donors (Lipinski definition) is 2. The van der Waals surface area contributed by atoms with Crippen LogP contribution in [0.4, 0.5) is 0 Å². The Morgan fingerprint density at radius 3 is 2.09 bits per heavy atom. The highest BCUT2D eigenvalue weighted by molar-refractivity contribution is 6.10. The van der Waals surface area contributed by atoms with Crippen molar-refractivity contribution < 1.29 is 29.3 Å². The van der Waals surface area contributed by atoms with Crippen molar-refractivity contribution in [3.8, 4) is 23.0 Å². The van der Waals surface area contributed by atoms with E-state index >= 15 is 0 Å². The van der Waals surface area contributed by atoms with Gasteiger partial charge in [-0.3, -0.25) is 9.59 Å². The van der Waals surface area contributed by atoms with E-state index in [9.17, 15) is 19.8 Å².